The Balaban J connectivity index is 1.31. The molecule has 8 heteroatoms. The molecular formula is C68H80N2O4S2. The summed E-state index contributed by atoms with van der Waals surface area (Å²) in [4.78, 5) is 29.1. The molecule has 0 aliphatic heterocycles. The highest BCUT2D eigenvalue weighted by molar-refractivity contribution is 7.17. The van der Waals surface area contributed by atoms with Crippen LogP contribution in [0.1, 0.15) is 175 Å². The van der Waals surface area contributed by atoms with Crippen molar-refractivity contribution >= 4 is 77.9 Å². The summed E-state index contributed by atoms with van der Waals surface area (Å²) in [6.45, 7) is 9.67. The number of unbranched alkanes of at least 4 members (excludes halogenated alkanes) is 18. The second kappa shape index (κ2) is 26.4. The zero-order chi connectivity index (χ0) is 53.0. The molecule has 0 spiro atoms. The fourth-order valence-corrected chi connectivity index (χ4v) is 13.5. The number of carbonyl (C=O) groups is 2. The molecule has 5 aromatic carbocycles. The fourth-order valence-electron chi connectivity index (χ4n) is 11.7. The first-order valence-corrected chi connectivity index (χ1v) is 30.5. The molecular weight excluding hydrogens is 973 g/mol. The van der Waals surface area contributed by atoms with E-state index >= 15 is 0 Å². The lowest BCUT2D eigenvalue weighted by molar-refractivity contribution is 0.101. The van der Waals surface area contributed by atoms with Crippen molar-refractivity contribution in [1.82, 2.24) is 9.13 Å². The number of ether oxygens (including phenoxy) is 2. The molecule has 0 unspecified atom stereocenters. The van der Waals surface area contributed by atoms with Gasteiger partial charge in [0.15, 0.2) is 11.6 Å². The minimum absolute atomic E-state index is 0.0931. The maximum absolute atomic E-state index is 12.7. The quantitative estimate of drug-likeness (QED) is 0.0333. The van der Waals surface area contributed by atoms with Crippen LogP contribution in [0.3, 0.4) is 0 Å². The number of aromatic nitrogens is 2. The van der Waals surface area contributed by atoms with E-state index in [4.69, 9.17) is 9.47 Å². The Morgan fingerprint density at radius 2 is 0.737 bits per heavy atom. The summed E-state index contributed by atoms with van der Waals surface area (Å²) in [5, 5.41) is 4.91. The van der Waals surface area contributed by atoms with Crippen molar-refractivity contribution < 1.29 is 19.1 Å². The Bertz CT molecular complexity index is 3160. The van der Waals surface area contributed by atoms with E-state index in [0.29, 0.717) is 0 Å². The van der Waals surface area contributed by atoms with Crippen LogP contribution in [0.25, 0.3) is 86.7 Å². The molecule has 0 saturated carbocycles. The zero-order valence-electron chi connectivity index (χ0n) is 46.3. The van der Waals surface area contributed by atoms with Gasteiger partial charge in [-0.25, -0.2) is 0 Å². The molecule has 0 radical (unpaired) electrons. The third-order valence-corrected chi connectivity index (χ3v) is 18.3. The van der Waals surface area contributed by atoms with Crippen molar-refractivity contribution in [3.05, 3.63) is 119 Å². The molecule has 6 nitrogen and oxygen atoms in total. The van der Waals surface area contributed by atoms with E-state index in [-0.39, 0.29) is 11.6 Å². The van der Waals surface area contributed by atoms with Gasteiger partial charge in [0.05, 0.1) is 35.0 Å². The van der Waals surface area contributed by atoms with Gasteiger partial charge in [0, 0.05) is 66.5 Å². The van der Waals surface area contributed by atoms with Crippen LogP contribution in [0.4, 0.5) is 0 Å². The van der Waals surface area contributed by atoms with Crippen LogP contribution in [0, 0.1) is 0 Å². The van der Waals surface area contributed by atoms with Gasteiger partial charge in [0.25, 0.3) is 0 Å². The monoisotopic (exact) mass is 1050 g/mol. The van der Waals surface area contributed by atoms with Crippen molar-refractivity contribution in [2.45, 2.75) is 169 Å². The molecule has 4 heterocycles. The number of nitrogens with zero attached hydrogens (tertiary/aromatic N) is 2. The maximum Gasteiger partial charge on any atom is 0.169 e. The molecule has 0 N–H and O–H groups in total. The molecule has 0 aliphatic carbocycles. The molecule has 398 valence electrons. The number of thiophene rings is 2. The molecule has 0 bridgehead atoms. The number of ketones is 2. The van der Waals surface area contributed by atoms with Crippen molar-refractivity contribution in [1.29, 1.82) is 0 Å². The second-order valence-electron chi connectivity index (χ2n) is 21.2. The lowest BCUT2D eigenvalue weighted by atomic mass is 9.89. The minimum Gasteiger partial charge on any atom is -0.497 e. The number of hydrogen-bond acceptors (Lipinski definition) is 6. The van der Waals surface area contributed by atoms with E-state index in [1.165, 1.54) is 170 Å². The number of rotatable bonds is 30. The number of methoxy groups -OCH3 is 2. The first kappa shape index (κ1) is 54.8. The maximum atomic E-state index is 12.7. The van der Waals surface area contributed by atoms with Gasteiger partial charge in [-0.05, 0) is 122 Å². The number of Topliss-reactive ketones (excluding diaryl/α,β-unsaturated/α-hetero) is 2. The Hall–Kier alpha value is -5.96. The number of fused-ring (bicyclic) bond motifs is 6. The molecule has 9 rings (SSSR count). The molecule has 0 fully saturated rings. The van der Waals surface area contributed by atoms with Crippen molar-refractivity contribution in [2.24, 2.45) is 0 Å². The van der Waals surface area contributed by atoms with Gasteiger partial charge >= 0.3 is 0 Å². The van der Waals surface area contributed by atoms with Gasteiger partial charge in [-0.2, -0.15) is 0 Å². The Labute approximate surface area is 460 Å². The normalized spacial score (nSPS) is 11.8. The van der Waals surface area contributed by atoms with E-state index in [9.17, 15) is 9.59 Å². The fraction of sp³-hybridized carbons (Fsp3) is 0.412. The van der Waals surface area contributed by atoms with Crippen molar-refractivity contribution in [3.63, 3.8) is 0 Å². The van der Waals surface area contributed by atoms with E-state index < -0.39 is 0 Å². The second-order valence-corrected chi connectivity index (χ2v) is 23.4. The summed E-state index contributed by atoms with van der Waals surface area (Å²) in [5.74, 6) is 1.84. The van der Waals surface area contributed by atoms with Crippen LogP contribution in [-0.4, -0.2) is 34.9 Å². The molecule has 0 amide bonds. The Morgan fingerprint density at radius 1 is 0.408 bits per heavy atom. The van der Waals surface area contributed by atoms with Crippen LogP contribution in [0.5, 0.6) is 11.5 Å². The van der Waals surface area contributed by atoms with Crippen molar-refractivity contribution in [3.8, 4) is 54.6 Å². The van der Waals surface area contributed by atoms with Gasteiger partial charge in [-0.15, -0.1) is 22.7 Å². The third-order valence-electron chi connectivity index (χ3n) is 15.8. The highest BCUT2D eigenvalue weighted by atomic mass is 32.1. The van der Waals surface area contributed by atoms with Gasteiger partial charge in [-0.1, -0.05) is 166 Å². The number of benzene rings is 5. The summed E-state index contributed by atoms with van der Waals surface area (Å²) in [6, 6.07) is 39.8. The standard InChI is InChI=1S/C68H80N2O4S2/c1-7-9-11-13-15-17-19-21-23-25-43-69-57-37-31-51(61-41-39-59(75-61)47(3)71)45-55(57)65-64(50-29-35-54(74-6)36-30-50)68-66(63(67(65)69)49-27-33-53(73-5)34-28-49)56-46-52(62-42-40-60(76-62)48(4)72)32-38-58(56)70(68)44-26-24-22-20-18-16-14-12-10-8-2/h27-42,45-46H,7-26,43-44H2,1-6H3. The number of carbonyl (C=O) groups excluding carboxylic acids is 2. The molecule has 0 atom stereocenters. The zero-order valence-corrected chi connectivity index (χ0v) is 47.9. The van der Waals surface area contributed by atoms with Gasteiger partial charge in [-0.3, -0.25) is 9.59 Å². The van der Waals surface area contributed by atoms with E-state index in [1.54, 1.807) is 50.7 Å². The third kappa shape index (κ3) is 12.2. The van der Waals surface area contributed by atoms with Gasteiger partial charge in [0.2, 0.25) is 0 Å². The van der Waals surface area contributed by atoms with Gasteiger partial charge < -0.3 is 18.6 Å². The summed E-state index contributed by atoms with van der Waals surface area (Å²) in [5.41, 5.74) is 11.9. The Kier molecular flexibility index (Phi) is 19.0. The molecule has 0 saturated heterocycles. The molecule has 76 heavy (non-hydrogen) atoms. The lowest BCUT2D eigenvalue weighted by Crippen LogP contribution is -2.02. The predicted molar refractivity (Wildman–Crippen MR) is 327 cm³/mol. The molecule has 9 aromatic rings. The summed E-state index contributed by atoms with van der Waals surface area (Å²) >= 11 is 3.16. The average Bonchev–Trinajstić information content (AvgIpc) is 4.32. The summed E-state index contributed by atoms with van der Waals surface area (Å²) < 4.78 is 17.0. The smallest absolute Gasteiger partial charge is 0.169 e. The van der Waals surface area contributed by atoms with Crippen LogP contribution in [0.15, 0.2) is 109 Å². The predicted octanol–water partition coefficient (Wildman–Crippen LogP) is 21.0. The molecule has 0 aliphatic rings. The highest BCUT2D eigenvalue weighted by Gasteiger charge is 2.29. The van der Waals surface area contributed by atoms with Crippen molar-refractivity contribution in [2.75, 3.05) is 14.2 Å². The molecule has 4 aromatic heterocycles. The van der Waals surface area contributed by atoms with Crippen LogP contribution >= 0.6 is 22.7 Å². The number of hydrogen-bond donors (Lipinski definition) is 0. The Morgan fingerprint density at radius 3 is 1.05 bits per heavy atom. The van der Waals surface area contributed by atoms with Crippen LogP contribution < -0.4 is 9.47 Å². The topological polar surface area (TPSA) is 62.5 Å². The number of aryl methyl sites for hydroxylation is 2. The average molecular weight is 1050 g/mol. The van der Waals surface area contributed by atoms with E-state index in [2.05, 4.69) is 120 Å². The summed E-state index contributed by atoms with van der Waals surface area (Å²) in [6.07, 6.45) is 25.5. The van der Waals surface area contributed by atoms with E-state index in [0.717, 1.165) is 79.2 Å². The lowest BCUT2D eigenvalue weighted by Gasteiger charge is -2.19. The largest absolute Gasteiger partial charge is 0.497 e. The highest BCUT2D eigenvalue weighted by Crippen LogP contribution is 2.52. The van der Waals surface area contributed by atoms with Gasteiger partial charge in [0.1, 0.15) is 11.5 Å². The van der Waals surface area contributed by atoms with E-state index in [1.807, 2.05) is 12.1 Å². The van der Waals surface area contributed by atoms with Crippen LogP contribution in [-0.2, 0) is 13.1 Å². The first-order valence-electron chi connectivity index (χ1n) is 28.8. The minimum atomic E-state index is 0.0931. The summed E-state index contributed by atoms with van der Waals surface area (Å²) in [7, 11) is 3.49. The first-order chi connectivity index (χ1) is 37.2. The van der Waals surface area contributed by atoms with Crippen LogP contribution in [0.2, 0.25) is 0 Å². The SMILES string of the molecule is CCCCCCCCCCCCn1c2ccc(-c3ccc(C(C)=O)s3)cc2c2c(-c3ccc(OC)cc3)c3c(c(-c4ccc(OC)cc4)c21)c1cc(-c2ccc(C(C)=O)s2)ccc1n3CCCCCCCCCCCC.